The van der Waals surface area contributed by atoms with Gasteiger partial charge in [0.25, 0.3) is 0 Å². The Kier molecular flexibility index (Phi) is 7.32. The van der Waals surface area contributed by atoms with Crippen molar-refractivity contribution < 1.29 is 22.8 Å². The molecule has 3 aromatic rings. The minimum absolute atomic E-state index is 0.101. The Morgan fingerprint density at radius 2 is 1.38 bits per heavy atom. The summed E-state index contributed by atoms with van der Waals surface area (Å²) in [5.41, 5.74) is 1.90. The number of rotatable bonds is 7. The number of benzene rings is 3. The number of carbonyl (C=O) groups is 2. The highest BCUT2D eigenvalue weighted by Gasteiger charge is 2.39. The van der Waals surface area contributed by atoms with Crippen LogP contribution >= 0.6 is 11.8 Å². The molecule has 1 unspecified atom stereocenters. The monoisotopic (exact) mass is 483 g/mol. The van der Waals surface area contributed by atoms with Gasteiger partial charge in [-0.1, -0.05) is 36.0 Å². The lowest BCUT2D eigenvalue weighted by Gasteiger charge is -2.17. The number of amides is 2. The molecule has 1 aliphatic heterocycles. The summed E-state index contributed by atoms with van der Waals surface area (Å²) < 4.78 is 39.6. The normalized spacial score (nSPS) is 16.8. The van der Waals surface area contributed by atoms with Crippen LogP contribution in [-0.2, 0) is 22.7 Å². The molecule has 0 bridgehead atoms. The molecule has 174 valence electrons. The average molecular weight is 484 g/mol. The molecule has 1 saturated heterocycles. The fraction of sp³-hybridized carbons (Fsp3) is 0.160. The van der Waals surface area contributed by atoms with Crippen molar-refractivity contribution in [3.8, 4) is 0 Å². The molecule has 9 heteroatoms. The Bertz CT molecular complexity index is 1200. The molecular weight excluding hydrogens is 463 g/mol. The molecule has 1 aliphatic rings. The fourth-order valence-corrected chi connectivity index (χ4v) is 4.48. The van der Waals surface area contributed by atoms with Crippen LogP contribution < -0.4 is 5.32 Å². The first kappa shape index (κ1) is 23.6. The van der Waals surface area contributed by atoms with Crippen LogP contribution in [0.4, 0.5) is 18.9 Å². The second-order valence-corrected chi connectivity index (χ2v) is 8.81. The van der Waals surface area contributed by atoms with Crippen molar-refractivity contribution in [2.75, 3.05) is 5.32 Å². The van der Waals surface area contributed by atoms with Crippen molar-refractivity contribution in [2.45, 2.75) is 24.8 Å². The van der Waals surface area contributed by atoms with Gasteiger partial charge in [0.05, 0.1) is 13.1 Å². The maximum atomic E-state index is 13.3. The molecular formula is C25H20F3N3O2S. The summed E-state index contributed by atoms with van der Waals surface area (Å²) in [4.78, 5) is 31.7. The zero-order chi connectivity index (χ0) is 24.1. The second-order valence-electron chi connectivity index (χ2n) is 7.64. The second kappa shape index (κ2) is 10.6. The van der Waals surface area contributed by atoms with Gasteiger partial charge in [-0.2, -0.15) is 0 Å². The van der Waals surface area contributed by atoms with Crippen LogP contribution in [0.1, 0.15) is 17.5 Å². The van der Waals surface area contributed by atoms with Crippen molar-refractivity contribution in [1.82, 2.24) is 4.90 Å². The molecule has 2 amide bonds. The average Bonchev–Trinajstić information content (AvgIpc) is 3.10. The minimum Gasteiger partial charge on any atom is -0.326 e. The van der Waals surface area contributed by atoms with Gasteiger partial charge in [-0.05, 0) is 59.7 Å². The Morgan fingerprint density at radius 1 is 0.853 bits per heavy atom. The maximum absolute atomic E-state index is 13.3. The first-order chi connectivity index (χ1) is 16.4. The SMILES string of the molecule is O=C(CC1SC(=NCc2ccc(F)cc2)N(Cc2ccc(F)cc2)C1=O)Nc1ccc(F)cc1. The number of nitrogens with one attached hydrogen (secondary N) is 1. The Hall–Kier alpha value is -3.59. The standard InChI is InChI=1S/C25H20F3N3O2S/c26-18-5-1-16(2-6-18)14-29-25-31(15-17-3-7-19(27)8-4-17)24(33)22(34-25)13-23(32)30-21-11-9-20(28)10-12-21/h1-12,22H,13-15H2,(H,30,32). The van der Waals surface area contributed by atoms with E-state index in [1.807, 2.05) is 0 Å². The van der Waals surface area contributed by atoms with Gasteiger partial charge in [-0.3, -0.25) is 19.5 Å². The van der Waals surface area contributed by atoms with Crippen LogP contribution in [-0.4, -0.2) is 27.1 Å². The fourth-order valence-electron chi connectivity index (χ4n) is 3.34. The van der Waals surface area contributed by atoms with E-state index in [2.05, 4.69) is 10.3 Å². The van der Waals surface area contributed by atoms with Gasteiger partial charge in [0.1, 0.15) is 22.7 Å². The van der Waals surface area contributed by atoms with E-state index in [1.54, 1.807) is 24.3 Å². The molecule has 0 spiro atoms. The summed E-state index contributed by atoms with van der Waals surface area (Å²) in [6.07, 6.45) is -0.101. The maximum Gasteiger partial charge on any atom is 0.242 e. The van der Waals surface area contributed by atoms with E-state index < -0.39 is 11.1 Å². The zero-order valence-corrected chi connectivity index (χ0v) is 18.7. The largest absolute Gasteiger partial charge is 0.326 e. The smallest absolute Gasteiger partial charge is 0.242 e. The van der Waals surface area contributed by atoms with Crippen LogP contribution in [0.15, 0.2) is 77.8 Å². The van der Waals surface area contributed by atoms with E-state index in [-0.39, 0.29) is 43.0 Å². The third kappa shape index (κ3) is 6.05. The van der Waals surface area contributed by atoms with Gasteiger partial charge in [-0.15, -0.1) is 0 Å². The number of hydrogen-bond acceptors (Lipinski definition) is 4. The molecule has 0 radical (unpaired) electrons. The van der Waals surface area contributed by atoms with E-state index in [0.717, 1.165) is 5.56 Å². The third-order valence-electron chi connectivity index (χ3n) is 5.08. The lowest BCUT2D eigenvalue weighted by Crippen LogP contribution is -2.33. The van der Waals surface area contributed by atoms with Crippen molar-refractivity contribution >= 4 is 34.4 Å². The van der Waals surface area contributed by atoms with Gasteiger partial charge in [-0.25, -0.2) is 13.2 Å². The quantitative estimate of drug-likeness (QED) is 0.507. The van der Waals surface area contributed by atoms with Crippen molar-refractivity contribution in [1.29, 1.82) is 0 Å². The minimum atomic E-state index is -0.701. The molecule has 1 N–H and O–H groups in total. The summed E-state index contributed by atoms with van der Waals surface area (Å²) in [7, 11) is 0. The Balaban J connectivity index is 1.50. The predicted octanol–water partition coefficient (Wildman–Crippen LogP) is 5.13. The van der Waals surface area contributed by atoms with E-state index >= 15 is 0 Å². The molecule has 5 nitrogen and oxygen atoms in total. The number of halogens is 3. The van der Waals surface area contributed by atoms with Gasteiger partial charge in [0.15, 0.2) is 5.17 Å². The summed E-state index contributed by atoms with van der Waals surface area (Å²) in [5.74, 6) is -1.84. The Labute approximate surface area is 198 Å². The molecule has 0 aliphatic carbocycles. The van der Waals surface area contributed by atoms with Crippen molar-refractivity contribution in [3.63, 3.8) is 0 Å². The summed E-state index contributed by atoms with van der Waals surface area (Å²) >= 11 is 1.17. The predicted molar refractivity (Wildman–Crippen MR) is 126 cm³/mol. The summed E-state index contributed by atoms with van der Waals surface area (Å²) in [6, 6.07) is 17.0. The molecule has 34 heavy (non-hydrogen) atoms. The van der Waals surface area contributed by atoms with E-state index in [9.17, 15) is 22.8 Å². The summed E-state index contributed by atoms with van der Waals surface area (Å²) in [6.45, 7) is 0.398. The van der Waals surface area contributed by atoms with E-state index in [1.165, 1.54) is 65.2 Å². The number of anilines is 1. The number of carbonyl (C=O) groups excluding carboxylic acids is 2. The van der Waals surface area contributed by atoms with E-state index in [0.29, 0.717) is 16.4 Å². The van der Waals surface area contributed by atoms with E-state index in [4.69, 9.17) is 0 Å². The van der Waals surface area contributed by atoms with Gasteiger partial charge in [0, 0.05) is 12.1 Å². The van der Waals surface area contributed by atoms with Crippen LogP contribution in [0.25, 0.3) is 0 Å². The molecule has 1 atom stereocenters. The van der Waals surface area contributed by atoms with Gasteiger partial charge in [0.2, 0.25) is 11.8 Å². The number of nitrogens with zero attached hydrogens (tertiary/aromatic N) is 2. The molecule has 3 aromatic carbocycles. The highest BCUT2D eigenvalue weighted by molar-refractivity contribution is 8.15. The molecule has 1 heterocycles. The number of thioether (sulfide) groups is 1. The zero-order valence-electron chi connectivity index (χ0n) is 17.9. The first-order valence-electron chi connectivity index (χ1n) is 10.4. The third-order valence-corrected chi connectivity index (χ3v) is 6.30. The van der Waals surface area contributed by atoms with Crippen LogP contribution in [0.2, 0.25) is 0 Å². The lowest BCUT2D eigenvalue weighted by molar-refractivity contribution is -0.128. The number of amidine groups is 1. The first-order valence-corrected chi connectivity index (χ1v) is 11.3. The molecule has 1 fully saturated rings. The summed E-state index contributed by atoms with van der Waals surface area (Å²) in [5, 5.41) is 2.39. The lowest BCUT2D eigenvalue weighted by atomic mass is 10.2. The van der Waals surface area contributed by atoms with Gasteiger partial charge >= 0.3 is 0 Å². The van der Waals surface area contributed by atoms with Gasteiger partial charge < -0.3 is 5.32 Å². The Morgan fingerprint density at radius 3 is 1.97 bits per heavy atom. The number of hydrogen-bond donors (Lipinski definition) is 1. The number of aliphatic imine (C=N–C) groups is 1. The van der Waals surface area contributed by atoms with Crippen molar-refractivity contribution in [2.24, 2.45) is 4.99 Å². The highest BCUT2D eigenvalue weighted by atomic mass is 32.2. The molecule has 0 aromatic heterocycles. The topological polar surface area (TPSA) is 61.8 Å². The van der Waals surface area contributed by atoms with Crippen LogP contribution in [0, 0.1) is 17.5 Å². The van der Waals surface area contributed by atoms with Crippen molar-refractivity contribution in [3.05, 3.63) is 101 Å². The highest BCUT2D eigenvalue weighted by Crippen LogP contribution is 2.31. The molecule has 4 rings (SSSR count). The molecule has 0 saturated carbocycles. The van der Waals surface area contributed by atoms with Crippen LogP contribution in [0.5, 0.6) is 0 Å². The van der Waals surface area contributed by atoms with Crippen LogP contribution in [0.3, 0.4) is 0 Å².